The Bertz CT molecular complexity index is 852. The van der Waals surface area contributed by atoms with E-state index >= 15 is 0 Å². The summed E-state index contributed by atoms with van der Waals surface area (Å²) in [6.45, 7) is 0. The maximum atomic E-state index is 11.8. The average Bonchev–Trinajstić information content (AvgIpc) is 2.52. The Labute approximate surface area is 141 Å². The zero-order valence-electron chi connectivity index (χ0n) is 11.7. The summed E-state index contributed by atoms with van der Waals surface area (Å²) in [5.41, 5.74) is 0.824. The van der Waals surface area contributed by atoms with Crippen molar-refractivity contribution in [1.29, 1.82) is 0 Å². The third-order valence-corrected chi connectivity index (χ3v) is 4.05. The smallest absolute Gasteiger partial charge is 0.337 e. The van der Waals surface area contributed by atoms with Crippen molar-refractivity contribution in [1.82, 2.24) is 5.32 Å². The molecule has 0 atom stereocenters. The minimum atomic E-state index is -1.19. The molecule has 1 amide bonds. The fraction of sp³-hybridized carbons (Fsp3) is 0.0667. The Morgan fingerprint density at radius 2 is 1.83 bits per heavy atom. The number of carboxylic acids is 1. The molecule has 3 N–H and O–H groups in total. The number of nitrogens with one attached hydrogen (secondary N) is 2. The normalized spacial score (nSPS) is 11.6. The molecule has 6 nitrogen and oxygen atoms in total. The van der Waals surface area contributed by atoms with Crippen LogP contribution < -0.4 is 15.4 Å². The summed E-state index contributed by atoms with van der Waals surface area (Å²) < 4.78 is 5.69. The highest BCUT2D eigenvalue weighted by atomic mass is 35.5. The van der Waals surface area contributed by atoms with Crippen LogP contribution in [0.4, 0.5) is 11.4 Å². The Balaban J connectivity index is 2.16. The lowest BCUT2D eigenvalue weighted by atomic mass is 10.0. The minimum absolute atomic E-state index is 0.0853. The fourth-order valence-electron chi connectivity index (χ4n) is 2.23. The molecule has 0 aliphatic carbocycles. The Kier molecular flexibility index (Phi) is 3.79. The van der Waals surface area contributed by atoms with Gasteiger partial charge in [0.2, 0.25) is 0 Å². The largest absolute Gasteiger partial charge is 0.478 e. The highest BCUT2D eigenvalue weighted by Gasteiger charge is 2.25. The van der Waals surface area contributed by atoms with Gasteiger partial charge in [-0.1, -0.05) is 23.2 Å². The van der Waals surface area contributed by atoms with Crippen molar-refractivity contribution in [3.63, 3.8) is 0 Å². The second-order valence-corrected chi connectivity index (χ2v) is 5.59. The van der Waals surface area contributed by atoms with Crippen molar-refractivity contribution < 1.29 is 19.4 Å². The zero-order valence-corrected chi connectivity index (χ0v) is 13.2. The number of halogens is 2. The van der Waals surface area contributed by atoms with Gasteiger partial charge in [-0.15, -0.1) is 0 Å². The van der Waals surface area contributed by atoms with E-state index in [1.165, 1.54) is 25.2 Å². The summed E-state index contributed by atoms with van der Waals surface area (Å²) in [5, 5.41) is 15.4. The number of hydrogen-bond acceptors (Lipinski definition) is 4. The molecule has 0 fully saturated rings. The molecule has 8 heteroatoms. The van der Waals surface area contributed by atoms with Gasteiger partial charge in [-0.25, -0.2) is 4.79 Å². The highest BCUT2D eigenvalue weighted by Crippen LogP contribution is 2.46. The van der Waals surface area contributed by atoms with Gasteiger partial charge in [-0.05, 0) is 18.2 Å². The summed E-state index contributed by atoms with van der Waals surface area (Å²) in [6, 6.07) is 5.79. The van der Waals surface area contributed by atoms with Crippen molar-refractivity contribution in [3.05, 3.63) is 45.4 Å². The van der Waals surface area contributed by atoms with Crippen LogP contribution in [0.5, 0.6) is 11.5 Å². The van der Waals surface area contributed by atoms with E-state index in [1.54, 1.807) is 6.07 Å². The summed E-state index contributed by atoms with van der Waals surface area (Å²) in [7, 11) is 1.46. The standard InChI is InChI=1S/C15H10Cl2N2O4/c1-18-14(20)6-2-7(15(21)22)13-12(3-6)23-11-5-9(17)8(16)4-10(11)19-13/h2-5,19H,1H3,(H,18,20)(H,21,22). The van der Waals surface area contributed by atoms with Crippen LogP contribution in [-0.4, -0.2) is 24.0 Å². The lowest BCUT2D eigenvalue weighted by Crippen LogP contribution is -2.19. The predicted octanol–water partition coefficient (Wildman–Crippen LogP) is 3.90. The molecule has 1 aliphatic rings. The lowest BCUT2D eigenvalue weighted by molar-refractivity contribution is 0.0697. The van der Waals surface area contributed by atoms with Crippen molar-refractivity contribution in [3.8, 4) is 11.5 Å². The van der Waals surface area contributed by atoms with E-state index in [4.69, 9.17) is 27.9 Å². The molecule has 0 saturated heterocycles. The number of hydrogen-bond donors (Lipinski definition) is 3. The van der Waals surface area contributed by atoms with Crippen LogP contribution >= 0.6 is 23.2 Å². The first kappa shape index (κ1) is 15.5. The van der Waals surface area contributed by atoms with Crippen molar-refractivity contribution in [2.45, 2.75) is 0 Å². The van der Waals surface area contributed by atoms with Gasteiger partial charge in [0.25, 0.3) is 5.91 Å². The summed E-state index contributed by atoms with van der Waals surface area (Å²) in [5.74, 6) is -1.00. The van der Waals surface area contributed by atoms with Gasteiger partial charge in [-0.2, -0.15) is 0 Å². The van der Waals surface area contributed by atoms with Crippen molar-refractivity contribution >= 4 is 46.5 Å². The van der Waals surface area contributed by atoms with Gasteiger partial charge in [-0.3, -0.25) is 4.79 Å². The number of carboxylic acid groups (broad SMARTS) is 1. The van der Waals surface area contributed by atoms with Gasteiger partial charge in [0.1, 0.15) is 0 Å². The predicted molar refractivity (Wildman–Crippen MR) is 86.6 cm³/mol. The second kappa shape index (κ2) is 5.64. The quantitative estimate of drug-likeness (QED) is 0.650. The van der Waals surface area contributed by atoms with Gasteiger partial charge >= 0.3 is 5.97 Å². The third-order valence-electron chi connectivity index (χ3n) is 3.32. The Morgan fingerprint density at radius 3 is 2.48 bits per heavy atom. The molecule has 118 valence electrons. The number of anilines is 2. The van der Waals surface area contributed by atoms with Gasteiger partial charge < -0.3 is 20.5 Å². The van der Waals surface area contributed by atoms with Crippen LogP contribution in [0.25, 0.3) is 0 Å². The number of rotatable bonds is 2. The number of amides is 1. The van der Waals surface area contributed by atoms with Crippen LogP contribution in [0.1, 0.15) is 20.7 Å². The molecule has 0 spiro atoms. The Morgan fingerprint density at radius 1 is 1.13 bits per heavy atom. The molecule has 23 heavy (non-hydrogen) atoms. The van der Waals surface area contributed by atoms with E-state index in [0.717, 1.165) is 0 Å². The van der Waals surface area contributed by atoms with Gasteiger partial charge in [0.15, 0.2) is 11.5 Å². The minimum Gasteiger partial charge on any atom is -0.478 e. The monoisotopic (exact) mass is 352 g/mol. The third kappa shape index (κ3) is 2.67. The molecular formula is C15H10Cl2N2O4. The maximum absolute atomic E-state index is 11.8. The number of benzene rings is 2. The SMILES string of the molecule is CNC(=O)c1cc2c(c(C(=O)O)c1)Nc1cc(Cl)c(Cl)cc1O2. The number of carbonyl (C=O) groups excluding carboxylic acids is 1. The molecule has 0 bridgehead atoms. The van der Waals surface area contributed by atoms with E-state index in [1.807, 2.05) is 0 Å². The van der Waals surface area contributed by atoms with Crippen LogP contribution in [0.2, 0.25) is 10.0 Å². The summed E-state index contributed by atoms with van der Waals surface area (Å²) >= 11 is 11.9. The first-order valence-electron chi connectivity index (χ1n) is 6.48. The molecule has 0 radical (unpaired) electrons. The zero-order chi connectivity index (χ0) is 16.7. The van der Waals surface area contributed by atoms with E-state index in [-0.39, 0.29) is 22.6 Å². The van der Waals surface area contributed by atoms with Crippen LogP contribution in [-0.2, 0) is 0 Å². The molecule has 0 unspecified atom stereocenters. The molecule has 1 aliphatic heterocycles. The lowest BCUT2D eigenvalue weighted by Gasteiger charge is -2.24. The van der Waals surface area contributed by atoms with Crippen LogP contribution in [0.15, 0.2) is 24.3 Å². The summed E-state index contributed by atoms with van der Waals surface area (Å²) in [4.78, 5) is 23.3. The molecule has 0 aromatic heterocycles. The topological polar surface area (TPSA) is 87.7 Å². The Hall–Kier alpha value is -2.44. The molecular weight excluding hydrogens is 343 g/mol. The number of carbonyl (C=O) groups is 2. The number of fused-ring (bicyclic) bond motifs is 2. The molecule has 2 aromatic carbocycles. The summed E-state index contributed by atoms with van der Waals surface area (Å²) in [6.07, 6.45) is 0. The number of aromatic carboxylic acids is 1. The molecule has 0 saturated carbocycles. The van der Waals surface area contributed by atoms with Gasteiger partial charge in [0, 0.05) is 18.7 Å². The average molecular weight is 353 g/mol. The second-order valence-electron chi connectivity index (χ2n) is 4.77. The molecule has 2 aromatic rings. The molecule has 1 heterocycles. The number of ether oxygens (including phenoxy) is 1. The van der Waals surface area contributed by atoms with E-state index in [0.29, 0.717) is 21.5 Å². The van der Waals surface area contributed by atoms with E-state index in [9.17, 15) is 14.7 Å². The first-order chi connectivity index (χ1) is 10.9. The van der Waals surface area contributed by atoms with Crippen LogP contribution in [0.3, 0.4) is 0 Å². The van der Waals surface area contributed by atoms with Gasteiger partial charge in [0.05, 0.1) is 27.0 Å². The van der Waals surface area contributed by atoms with E-state index < -0.39 is 11.9 Å². The first-order valence-corrected chi connectivity index (χ1v) is 7.23. The van der Waals surface area contributed by atoms with Crippen LogP contribution in [0, 0.1) is 0 Å². The fourth-order valence-corrected chi connectivity index (χ4v) is 2.55. The highest BCUT2D eigenvalue weighted by molar-refractivity contribution is 6.42. The van der Waals surface area contributed by atoms with Crippen molar-refractivity contribution in [2.24, 2.45) is 0 Å². The molecule has 3 rings (SSSR count). The maximum Gasteiger partial charge on any atom is 0.337 e. The van der Waals surface area contributed by atoms with Crippen molar-refractivity contribution in [2.75, 3.05) is 12.4 Å². The van der Waals surface area contributed by atoms with E-state index in [2.05, 4.69) is 10.6 Å².